The van der Waals surface area contributed by atoms with Crippen LogP contribution in [-0.4, -0.2) is 10.5 Å². The standard InChI is InChI=1S/C12H15ClN2S/c1-12(2,3)14-7-10-15-9-6-4-5-8(13)11(9)16-10/h4-6,14H,7H2,1-3H3. The van der Waals surface area contributed by atoms with E-state index in [9.17, 15) is 0 Å². The summed E-state index contributed by atoms with van der Waals surface area (Å²) in [5, 5.41) is 5.29. The first-order chi connectivity index (χ1) is 7.46. The Kier molecular flexibility index (Phi) is 3.19. The zero-order valence-corrected chi connectivity index (χ0v) is 11.2. The molecular weight excluding hydrogens is 240 g/mol. The van der Waals surface area contributed by atoms with Crippen molar-refractivity contribution in [1.29, 1.82) is 0 Å². The molecule has 2 nitrogen and oxygen atoms in total. The summed E-state index contributed by atoms with van der Waals surface area (Å²) in [6, 6.07) is 5.84. The summed E-state index contributed by atoms with van der Waals surface area (Å²) in [6.07, 6.45) is 0. The van der Waals surface area contributed by atoms with E-state index in [-0.39, 0.29) is 5.54 Å². The van der Waals surface area contributed by atoms with Gasteiger partial charge in [0, 0.05) is 12.1 Å². The molecule has 1 aromatic carbocycles. The van der Waals surface area contributed by atoms with E-state index in [1.54, 1.807) is 11.3 Å². The monoisotopic (exact) mass is 254 g/mol. The van der Waals surface area contributed by atoms with Gasteiger partial charge in [-0.2, -0.15) is 0 Å². The van der Waals surface area contributed by atoms with Crippen LogP contribution in [0.2, 0.25) is 5.02 Å². The van der Waals surface area contributed by atoms with Gasteiger partial charge in [0.05, 0.1) is 15.2 Å². The van der Waals surface area contributed by atoms with Gasteiger partial charge in [0.2, 0.25) is 0 Å². The van der Waals surface area contributed by atoms with Crippen LogP contribution >= 0.6 is 22.9 Å². The maximum atomic E-state index is 6.11. The molecular formula is C12H15ClN2S. The Morgan fingerprint density at radius 1 is 1.38 bits per heavy atom. The second-order valence-corrected chi connectivity index (χ2v) is 6.29. The summed E-state index contributed by atoms with van der Waals surface area (Å²) in [5.41, 5.74) is 1.10. The molecule has 0 aliphatic rings. The average Bonchev–Trinajstić information content (AvgIpc) is 2.58. The minimum atomic E-state index is 0.113. The minimum Gasteiger partial charge on any atom is -0.306 e. The van der Waals surface area contributed by atoms with E-state index in [2.05, 4.69) is 31.1 Å². The molecule has 2 aromatic rings. The van der Waals surface area contributed by atoms with E-state index in [0.717, 1.165) is 26.8 Å². The summed E-state index contributed by atoms with van der Waals surface area (Å²) in [7, 11) is 0. The average molecular weight is 255 g/mol. The lowest BCUT2D eigenvalue weighted by molar-refractivity contribution is 0.424. The number of nitrogens with one attached hydrogen (secondary N) is 1. The van der Waals surface area contributed by atoms with Crippen LogP contribution < -0.4 is 5.32 Å². The lowest BCUT2D eigenvalue weighted by Crippen LogP contribution is -2.34. The van der Waals surface area contributed by atoms with Crippen molar-refractivity contribution in [2.24, 2.45) is 0 Å². The van der Waals surface area contributed by atoms with Gasteiger partial charge in [0.1, 0.15) is 5.01 Å². The van der Waals surface area contributed by atoms with Crippen LogP contribution in [0.15, 0.2) is 18.2 Å². The molecule has 0 unspecified atom stereocenters. The molecule has 1 heterocycles. The van der Waals surface area contributed by atoms with E-state index in [1.807, 2.05) is 18.2 Å². The highest BCUT2D eigenvalue weighted by Crippen LogP contribution is 2.29. The van der Waals surface area contributed by atoms with Crippen molar-refractivity contribution in [3.63, 3.8) is 0 Å². The van der Waals surface area contributed by atoms with Crippen LogP contribution in [0.4, 0.5) is 0 Å². The van der Waals surface area contributed by atoms with Crippen molar-refractivity contribution in [2.45, 2.75) is 32.9 Å². The lowest BCUT2D eigenvalue weighted by atomic mass is 10.1. The van der Waals surface area contributed by atoms with Gasteiger partial charge in [-0.25, -0.2) is 4.98 Å². The molecule has 4 heteroatoms. The molecule has 0 aliphatic heterocycles. The summed E-state index contributed by atoms with van der Waals surface area (Å²) in [6.45, 7) is 7.23. The van der Waals surface area contributed by atoms with E-state index in [0.29, 0.717) is 0 Å². The molecule has 16 heavy (non-hydrogen) atoms. The Balaban J connectivity index is 2.24. The fourth-order valence-corrected chi connectivity index (χ4v) is 2.57. The summed E-state index contributed by atoms with van der Waals surface area (Å²) >= 11 is 7.77. The topological polar surface area (TPSA) is 24.9 Å². The quantitative estimate of drug-likeness (QED) is 0.881. The third-order valence-corrected chi connectivity index (χ3v) is 3.71. The van der Waals surface area contributed by atoms with Crippen LogP contribution in [0.1, 0.15) is 25.8 Å². The van der Waals surface area contributed by atoms with Gasteiger partial charge in [0.25, 0.3) is 0 Å². The van der Waals surface area contributed by atoms with Crippen molar-refractivity contribution in [3.05, 3.63) is 28.2 Å². The number of benzene rings is 1. The first-order valence-corrected chi connectivity index (χ1v) is 6.44. The Morgan fingerprint density at radius 3 is 2.75 bits per heavy atom. The molecule has 0 fully saturated rings. The van der Waals surface area contributed by atoms with Crippen LogP contribution in [0.3, 0.4) is 0 Å². The fourth-order valence-electron chi connectivity index (χ4n) is 1.38. The molecule has 0 spiro atoms. The van der Waals surface area contributed by atoms with Gasteiger partial charge in [-0.15, -0.1) is 11.3 Å². The molecule has 0 amide bonds. The summed E-state index contributed by atoms with van der Waals surface area (Å²) < 4.78 is 1.08. The van der Waals surface area contributed by atoms with E-state index < -0.39 is 0 Å². The number of nitrogens with zero attached hydrogens (tertiary/aromatic N) is 1. The van der Waals surface area contributed by atoms with E-state index >= 15 is 0 Å². The van der Waals surface area contributed by atoms with E-state index in [4.69, 9.17) is 11.6 Å². The largest absolute Gasteiger partial charge is 0.306 e. The molecule has 0 aliphatic carbocycles. The predicted molar refractivity (Wildman–Crippen MR) is 71.2 cm³/mol. The SMILES string of the molecule is CC(C)(C)NCc1nc2cccc(Cl)c2s1. The molecule has 0 radical (unpaired) electrons. The highest BCUT2D eigenvalue weighted by molar-refractivity contribution is 7.19. The third kappa shape index (κ3) is 2.73. The van der Waals surface area contributed by atoms with Crippen molar-refractivity contribution in [2.75, 3.05) is 0 Å². The highest BCUT2D eigenvalue weighted by atomic mass is 35.5. The number of hydrogen-bond acceptors (Lipinski definition) is 3. The Hall–Kier alpha value is -0.640. The first-order valence-electron chi connectivity index (χ1n) is 5.25. The number of aromatic nitrogens is 1. The normalized spacial score (nSPS) is 12.2. The van der Waals surface area contributed by atoms with Gasteiger partial charge in [-0.05, 0) is 32.9 Å². The van der Waals surface area contributed by atoms with Gasteiger partial charge in [-0.3, -0.25) is 0 Å². The van der Waals surface area contributed by atoms with E-state index in [1.165, 1.54) is 0 Å². The molecule has 1 aromatic heterocycles. The molecule has 0 saturated carbocycles. The zero-order valence-electron chi connectivity index (χ0n) is 9.67. The third-order valence-electron chi connectivity index (χ3n) is 2.18. The van der Waals surface area contributed by atoms with Gasteiger partial charge < -0.3 is 5.32 Å². The first kappa shape index (κ1) is 11.8. The number of fused-ring (bicyclic) bond motifs is 1. The molecule has 0 bridgehead atoms. The Labute approximate surface area is 105 Å². The number of hydrogen-bond donors (Lipinski definition) is 1. The molecule has 2 rings (SSSR count). The van der Waals surface area contributed by atoms with Gasteiger partial charge in [-0.1, -0.05) is 17.7 Å². The van der Waals surface area contributed by atoms with Crippen LogP contribution in [-0.2, 0) is 6.54 Å². The second-order valence-electron chi connectivity index (χ2n) is 4.80. The predicted octanol–water partition coefficient (Wildman–Crippen LogP) is 3.84. The van der Waals surface area contributed by atoms with Crippen LogP contribution in [0.25, 0.3) is 10.2 Å². The Bertz CT molecular complexity index is 499. The Morgan fingerprint density at radius 2 is 2.12 bits per heavy atom. The number of rotatable bonds is 2. The number of thiazole rings is 1. The molecule has 0 atom stereocenters. The van der Waals surface area contributed by atoms with Crippen molar-refractivity contribution < 1.29 is 0 Å². The summed E-state index contributed by atoms with van der Waals surface area (Å²) in [5.74, 6) is 0. The fraction of sp³-hybridized carbons (Fsp3) is 0.417. The van der Waals surface area contributed by atoms with Gasteiger partial charge in [0.15, 0.2) is 0 Å². The maximum Gasteiger partial charge on any atom is 0.108 e. The number of halogens is 1. The minimum absolute atomic E-state index is 0.113. The second kappa shape index (κ2) is 4.32. The lowest BCUT2D eigenvalue weighted by Gasteiger charge is -2.19. The zero-order chi connectivity index (χ0) is 11.8. The molecule has 0 saturated heterocycles. The molecule has 86 valence electrons. The highest BCUT2D eigenvalue weighted by Gasteiger charge is 2.11. The van der Waals surface area contributed by atoms with Gasteiger partial charge >= 0.3 is 0 Å². The van der Waals surface area contributed by atoms with Crippen LogP contribution in [0.5, 0.6) is 0 Å². The van der Waals surface area contributed by atoms with Crippen LogP contribution in [0, 0.1) is 0 Å². The molecule has 1 N–H and O–H groups in total. The summed E-state index contributed by atoms with van der Waals surface area (Å²) in [4.78, 5) is 4.55. The van der Waals surface area contributed by atoms with Crippen molar-refractivity contribution >= 4 is 33.2 Å². The smallest absolute Gasteiger partial charge is 0.108 e. The maximum absolute atomic E-state index is 6.11. The van der Waals surface area contributed by atoms with Crippen molar-refractivity contribution in [3.8, 4) is 0 Å². The van der Waals surface area contributed by atoms with Crippen molar-refractivity contribution in [1.82, 2.24) is 10.3 Å².